The normalized spacial score (nSPS) is 12.9. The Morgan fingerprint density at radius 2 is 2.18 bits per heavy atom. The van der Waals surface area contributed by atoms with Crippen molar-refractivity contribution in [3.05, 3.63) is 42.7 Å². The third kappa shape index (κ3) is 2.58. The Morgan fingerprint density at radius 3 is 2.65 bits per heavy atom. The van der Waals surface area contributed by atoms with Crippen LogP contribution in [0.15, 0.2) is 17.5 Å². The SMILES string of the molecule is CCc1ccc(C(NC)c2scc(C)c2Cl)s1. The number of halogens is 1. The Labute approximate surface area is 115 Å². The standard InChI is InChI=1S/C13H16ClNS2/c1-4-9-5-6-10(17-9)12(15-3)13-11(14)8(2)7-16-13/h5-7,12,15H,4H2,1-3H3. The summed E-state index contributed by atoms with van der Waals surface area (Å²) >= 11 is 9.94. The number of aryl methyl sites for hydroxylation is 2. The van der Waals surface area contributed by atoms with Gasteiger partial charge in [-0.3, -0.25) is 0 Å². The maximum Gasteiger partial charge on any atom is 0.0777 e. The van der Waals surface area contributed by atoms with Gasteiger partial charge in [0.2, 0.25) is 0 Å². The molecule has 0 aliphatic carbocycles. The van der Waals surface area contributed by atoms with Gasteiger partial charge in [-0.2, -0.15) is 0 Å². The maximum absolute atomic E-state index is 6.35. The molecule has 1 atom stereocenters. The van der Waals surface area contributed by atoms with E-state index in [9.17, 15) is 0 Å². The molecule has 1 unspecified atom stereocenters. The van der Waals surface area contributed by atoms with Crippen molar-refractivity contribution in [3.8, 4) is 0 Å². The largest absolute Gasteiger partial charge is 0.308 e. The van der Waals surface area contributed by atoms with Crippen LogP contribution in [-0.2, 0) is 6.42 Å². The van der Waals surface area contributed by atoms with Gasteiger partial charge in [0.25, 0.3) is 0 Å². The van der Waals surface area contributed by atoms with Gasteiger partial charge in [0.05, 0.1) is 11.1 Å². The monoisotopic (exact) mass is 285 g/mol. The van der Waals surface area contributed by atoms with Crippen molar-refractivity contribution in [2.45, 2.75) is 26.3 Å². The molecular formula is C13H16ClNS2. The van der Waals surface area contributed by atoms with Crippen LogP contribution in [0.4, 0.5) is 0 Å². The van der Waals surface area contributed by atoms with Crippen LogP contribution in [0.5, 0.6) is 0 Å². The Hall–Kier alpha value is -0.350. The molecule has 0 amide bonds. The van der Waals surface area contributed by atoms with Gasteiger partial charge < -0.3 is 5.32 Å². The molecule has 0 spiro atoms. The highest BCUT2D eigenvalue weighted by atomic mass is 35.5. The smallest absolute Gasteiger partial charge is 0.0777 e. The Kier molecular flexibility index (Phi) is 4.26. The van der Waals surface area contributed by atoms with Crippen molar-refractivity contribution < 1.29 is 0 Å². The first-order chi connectivity index (χ1) is 8.17. The molecular weight excluding hydrogens is 270 g/mol. The minimum Gasteiger partial charge on any atom is -0.308 e. The molecule has 2 aromatic heterocycles. The fourth-order valence-electron chi connectivity index (χ4n) is 1.79. The molecule has 92 valence electrons. The lowest BCUT2D eigenvalue weighted by Gasteiger charge is -2.13. The maximum atomic E-state index is 6.35. The van der Waals surface area contributed by atoms with E-state index in [0.29, 0.717) is 0 Å². The Morgan fingerprint density at radius 1 is 1.41 bits per heavy atom. The predicted octanol–water partition coefficient (Wildman–Crippen LogP) is 4.64. The molecule has 1 nitrogen and oxygen atoms in total. The molecule has 0 radical (unpaired) electrons. The first-order valence-electron chi connectivity index (χ1n) is 5.66. The molecule has 0 aromatic carbocycles. The van der Waals surface area contributed by atoms with E-state index in [0.717, 1.165) is 11.4 Å². The molecule has 17 heavy (non-hydrogen) atoms. The van der Waals surface area contributed by atoms with Crippen LogP contribution < -0.4 is 5.32 Å². The molecule has 0 saturated heterocycles. The summed E-state index contributed by atoms with van der Waals surface area (Å²) in [6.07, 6.45) is 1.10. The van der Waals surface area contributed by atoms with Gasteiger partial charge in [0.15, 0.2) is 0 Å². The van der Waals surface area contributed by atoms with Crippen molar-refractivity contribution in [1.29, 1.82) is 0 Å². The van der Waals surface area contributed by atoms with E-state index in [-0.39, 0.29) is 6.04 Å². The second kappa shape index (κ2) is 5.53. The van der Waals surface area contributed by atoms with Crippen LogP contribution in [0.2, 0.25) is 5.02 Å². The van der Waals surface area contributed by atoms with Crippen LogP contribution in [0.3, 0.4) is 0 Å². The summed E-state index contributed by atoms with van der Waals surface area (Å²) in [5.74, 6) is 0. The van der Waals surface area contributed by atoms with Crippen molar-refractivity contribution in [2.24, 2.45) is 0 Å². The van der Waals surface area contributed by atoms with Crippen LogP contribution in [0.25, 0.3) is 0 Å². The van der Waals surface area contributed by atoms with Crippen LogP contribution in [-0.4, -0.2) is 7.05 Å². The van der Waals surface area contributed by atoms with Gasteiger partial charge in [-0.05, 0) is 43.5 Å². The summed E-state index contributed by atoms with van der Waals surface area (Å²) in [6, 6.07) is 4.64. The number of hydrogen-bond acceptors (Lipinski definition) is 3. The summed E-state index contributed by atoms with van der Waals surface area (Å²) in [5, 5.41) is 6.39. The number of nitrogens with one attached hydrogen (secondary N) is 1. The molecule has 0 aliphatic rings. The van der Waals surface area contributed by atoms with Crippen LogP contribution in [0, 0.1) is 6.92 Å². The summed E-state index contributed by atoms with van der Waals surface area (Å²) in [7, 11) is 1.99. The molecule has 2 rings (SSSR count). The van der Waals surface area contributed by atoms with Crippen LogP contribution >= 0.6 is 34.3 Å². The Bertz CT molecular complexity index is 501. The highest BCUT2D eigenvalue weighted by molar-refractivity contribution is 7.13. The van der Waals surface area contributed by atoms with Gasteiger partial charge in [-0.15, -0.1) is 22.7 Å². The highest BCUT2D eigenvalue weighted by Crippen LogP contribution is 2.37. The fraction of sp³-hybridized carbons (Fsp3) is 0.385. The van der Waals surface area contributed by atoms with Crippen molar-refractivity contribution in [2.75, 3.05) is 7.05 Å². The lowest BCUT2D eigenvalue weighted by Crippen LogP contribution is -2.15. The molecule has 0 saturated carbocycles. The molecule has 2 aromatic rings. The zero-order valence-electron chi connectivity index (χ0n) is 10.2. The summed E-state index contributed by atoms with van der Waals surface area (Å²) in [4.78, 5) is 3.98. The van der Waals surface area contributed by atoms with Crippen molar-refractivity contribution >= 4 is 34.3 Å². The quantitative estimate of drug-likeness (QED) is 0.863. The third-order valence-corrected chi connectivity index (χ3v) is 5.86. The second-order valence-electron chi connectivity index (χ2n) is 3.98. The van der Waals surface area contributed by atoms with E-state index < -0.39 is 0 Å². The average molecular weight is 286 g/mol. The van der Waals surface area contributed by atoms with Gasteiger partial charge in [0.1, 0.15) is 0 Å². The lowest BCUT2D eigenvalue weighted by atomic mass is 10.2. The zero-order valence-corrected chi connectivity index (χ0v) is 12.6. The number of thiophene rings is 2. The predicted molar refractivity (Wildman–Crippen MR) is 78.7 cm³/mol. The van der Waals surface area contributed by atoms with Gasteiger partial charge in [0, 0.05) is 14.6 Å². The number of hydrogen-bond donors (Lipinski definition) is 1. The minimum absolute atomic E-state index is 0.228. The van der Waals surface area contributed by atoms with Gasteiger partial charge in [-0.1, -0.05) is 18.5 Å². The summed E-state index contributed by atoms with van der Waals surface area (Å²) in [5.41, 5.74) is 1.17. The van der Waals surface area contributed by atoms with E-state index >= 15 is 0 Å². The molecule has 1 N–H and O–H groups in total. The zero-order chi connectivity index (χ0) is 12.4. The van der Waals surface area contributed by atoms with Crippen molar-refractivity contribution in [1.82, 2.24) is 5.32 Å². The first kappa shape index (κ1) is 13.1. The van der Waals surface area contributed by atoms with E-state index in [1.54, 1.807) is 11.3 Å². The van der Waals surface area contributed by atoms with E-state index in [4.69, 9.17) is 11.6 Å². The topological polar surface area (TPSA) is 12.0 Å². The van der Waals surface area contributed by atoms with Crippen molar-refractivity contribution in [3.63, 3.8) is 0 Å². The second-order valence-corrected chi connectivity index (χ2v) is 6.47. The number of rotatable bonds is 4. The van der Waals surface area contributed by atoms with E-state index in [1.165, 1.54) is 20.2 Å². The van der Waals surface area contributed by atoms with E-state index in [1.807, 2.05) is 18.4 Å². The first-order valence-corrected chi connectivity index (χ1v) is 7.74. The molecule has 0 fully saturated rings. The lowest BCUT2D eigenvalue weighted by molar-refractivity contribution is 0.716. The van der Waals surface area contributed by atoms with Gasteiger partial charge >= 0.3 is 0 Å². The molecule has 0 bridgehead atoms. The van der Waals surface area contributed by atoms with Crippen LogP contribution in [0.1, 0.15) is 33.2 Å². The minimum atomic E-state index is 0.228. The molecule has 0 aliphatic heterocycles. The third-order valence-electron chi connectivity index (χ3n) is 2.79. The summed E-state index contributed by atoms with van der Waals surface area (Å²) in [6.45, 7) is 4.24. The van der Waals surface area contributed by atoms with Gasteiger partial charge in [-0.25, -0.2) is 0 Å². The van der Waals surface area contributed by atoms with E-state index in [2.05, 4.69) is 36.7 Å². The summed E-state index contributed by atoms with van der Waals surface area (Å²) < 4.78 is 0. The molecule has 4 heteroatoms. The fourth-order valence-corrected chi connectivity index (χ4v) is 4.36. The average Bonchev–Trinajstić information content (AvgIpc) is 2.92. The Balaban J connectivity index is 2.36. The highest BCUT2D eigenvalue weighted by Gasteiger charge is 2.19. The molecule has 2 heterocycles.